The number of nitrogens with zero attached hydrogens (tertiary/aromatic N) is 1. The van der Waals surface area contributed by atoms with Gasteiger partial charge in [0.15, 0.2) is 0 Å². The molecule has 1 saturated heterocycles. The highest BCUT2D eigenvalue weighted by Gasteiger charge is 2.36. The van der Waals surface area contributed by atoms with Crippen molar-refractivity contribution in [1.82, 2.24) is 5.32 Å². The van der Waals surface area contributed by atoms with E-state index in [2.05, 4.69) is 5.32 Å². The van der Waals surface area contributed by atoms with Crippen LogP contribution in [-0.4, -0.2) is 29.6 Å². The minimum absolute atomic E-state index is 0.0274. The number of rotatable bonds is 6. The number of carbonyl (C=O) groups is 3. The van der Waals surface area contributed by atoms with E-state index >= 15 is 0 Å². The molecule has 4 amide bonds. The lowest BCUT2D eigenvalue weighted by Crippen LogP contribution is -2.54. The number of halogens is 2. The predicted molar refractivity (Wildman–Crippen MR) is 134 cm³/mol. The molecule has 1 heterocycles. The number of nitrogens with one attached hydrogen (secondary N) is 1. The minimum Gasteiger partial charge on any atom is -0.508 e. The monoisotopic (exact) mass is 510 g/mol. The summed E-state index contributed by atoms with van der Waals surface area (Å²) in [5.74, 6) is -1.18. The second kappa shape index (κ2) is 10.2. The van der Waals surface area contributed by atoms with Crippen molar-refractivity contribution in [3.05, 3.63) is 93.0 Å². The molecule has 0 spiro atoms. The third kappa shape index (κ3) is 5.16. The van der Waals surface area contributed by atoms with E-state index in [1.807, 2.05) is 25.1 Å². The first-order chi connectivity index (χ1) is 16.8. The first-order valence-electron chi connectivity index (χ1n) is 10.7. The number of hydrogen-bond donors (Lipinski definition) is 2. The zero-order valence-electron chi connectivity index (χ0n) is 18.5. The number of benzene rings is 3. The second-order valence-corrected chi connectivity index (χ2v) is 8.47. The van der Waals surface area contributed by atoms with Crippen molar-refractivity contribution in [2.24, 2.45) is 0 Å². The van der Waals surface area contributed by atoms with Gasteiger partial charge in [0.2, 0.25) is 0 Å². The molecule has 0 atom stereocenters. The average Bonchev–Trinajstić information content (AvgIpc) is 2.81. The third-order valence-corrected chi connectivity index (χ3v) is 6.03. The van der Waals surface area contributed by atoms with Gasteiger partial charge < -0.3 is 9.84 Å². The zero-order chi connectivity index (χ0) is 25.1. The number of phenolic OH excluding ortho intramolecular Hbond substituents is 1. The van der Waals surface area contributed by atoms with Crippen LogP contribution in [0.25, 0.3) is 6.08 Å². The van der Waals surface area contributed by atoms with Crippen molar-refractivity contribution in [3.8, 4) is 11.5 Å². The van der Waals surface area contributed by atoms with Gasteiger partial charge in [0.25, 0.3) is 11.8 Å². The summed E-state index contributed by atoms with van der Waals surface area (Å²) < 4.78 is 5.80. The molecule has 1 fully saturated rings. The fourth-order valence-electron chi connectivity index (χ4n) is 3.66. The Bertz CT molecular complexity index is 1350. The topological polar surface area (TPSA) is 95.9 Å². The first kappa shape index (κ1) is 24.3. The molecule has 0 unspecified atom stereocenters. The molecule has 7 nitrogen and oxygen atoms in total. The Hall–Kier alpha value is -3.81. The van der Waals surface area contributed by atoms with Crippen LogP contribution in [0.2, 0.25) is 10.0 Å². The Kier molecular flexibility index (Phi) is 7.10. The van der Waals surface area contributed by atoms with Gasteiger partial charge in [-0.2, -0.15) is 0 Å². The van der Waals surface area contributed by atoms with Crippen molar-refractivity contribution in [1.29, 1.82) is 0 Å². The van der Waals surface area contributed by atoms with Crippen LogP contribution in [0.3, 0.4) is 0 Å². The number of aromatic hydroxyl groups is 1. The molecule has 35 heavy (non-hydrogen) atoms. The van der Waals surface area contributed by atoms with Crippen molar-refractivity contribution in [3.63, 3.8) is 0 Å². The number of urea groups is 1. The number of imide groups is 2. The van der Waals surface area contributed by atoms with Crippen molar-refractivity contribution in [2.45, 2.75) is 13.3 Å². The van der Waals surface area contributed by atoms with Gasteiger partial charge in [-0.3, -0.25) is 14.9 Å². The molecule has 3 aromatic carbocycles. The lowest BCUT2D eigenvalue weighted by molar-refractivity contribution is -0.122. The van der Waals surface area contributed by atoms with Gasteiger partial charge in [-0.1, -0.05) is 41.4 Å². The maximum atomic E-state index is 13.1. The summed E-state index contributed by atoms with van der Waals surface area (Å²) in [6.07, 6.45) is 1.78. The maximum absolute atomic E-state index is 13.1. The van der Waals surface area contributed by atoms with Crippen molar-refractivity contribution in [2.75, 3.05) is 11.5 Å². The summed E-state index contributed by atoms with van der Waals surface area (Å²) in [6.45, 7) is 2.20. The number of phenols is 1. The van der Waals surface area contributed by atoms with E-state index in [-0.39, 0.29) is 17.0 Å². The Morgan fingerprint density at radius 3 is 2.40 bits per heavy atom. The number of ether oxygens (including phenoxy) is 1. The van der Waals surface area contributed by atoms with Crippen molar-refractivity contribution >= 4 is 52.8 Å². The fraction of sp³-hybridized carbons (Fsp3) is 0.115. The van der Waals surface area contributed by atoms with Crippen LogP contribution in [0.4, 0.5) is 10.5 Å². The van der Waals surface area contributed by atoms with Crippen LogP contribution in [0.5, 0.6) is 11.5 Å². The molecule has 0 aromatic heterocycles. The molecule has 1 aliphatic rings. The Labute approximate surface area is 211 Å². The summed E-state index contributed by atoms with van der Waals surface area (Å²) in [5.41, 5.74) is 1.97. The highest BCUT2D eigenvalue weighted by atomic mass is 35.5. The van der Waals surface area contributed by atoms with E-state index in [1.54, 1.807) is 18.2 Å². The van der Waals surface area contributed by atoms with E-state index in [9.17, 15) is 19.5 Å². The summed E-state index contributed by atoms with van der Waals surface area (Å²) in [6, 6.07) is 15.3. The van der Waals surface area contributed by atoms with Crippen LogP contribution >= 0.6 is 23.2 Å². The normalized spacial score (nSPS) is 14.9. The predicted octanol–water partition coefficient (Wildman–Crippen LogP) is 5.35. The van der Waals surface area contributed by atoms with Crippen LogP contribution in [0.15, 0.2) is 66.2 Å². The van der Waals surface area contributed by atoms with E-state index in [1.165, 1.54) is 30.3 Å². The summed E-state index contributed by atoms with van der Waals surface area (Å²) in [7, 11) is 0. The SMILES string of the molecule is CCOc1cc(/C=C2\C(=O)NC(=O)N(c3ccc(O)cc3)C2=O)cc(Cl)c1Cc1ccccc1Cl. The van der Waals surface area contributed by atoms with E-state index < -0.39 is 17.8 Å². The zero-order valence-corrected chi connectivity index (χ0v) is 20.1. The highest BCUT2D eigenvalue weighted by molar-refractivity contribution is 6.39. The Morgan fingerprint density at radius 2 is 1.71 bits per heavy atom. The van der Waals surface area contributed by atoms with Crippen LogP contribution in [0.1, 0.15) is 23.6 Å². The number of hydrogen-bond acceptors (Lipinski definition) is 5. The Balaban J connectivity index is 1.72. The van der Waals surface area contributed by atoms with Crippen LogP contribution in [-0.2, 0) is 16.0 Å². The van der Waals surface area contributed by atoms with E-state index in [0.29, 0.717) is 39.9 Å². The van der Waals surface area contributed by atoms with Gasteiger partial charge in [0, 0.05) is 22.0 Å². The van der Waals surface area contributed by atoms with Crippen molar-refractivity contribution < 1.29 is 24.2 Å². The lowest BCUT2D eigenvalue weighted by Gasteiger charge is -2.26. The second-order valence-electron chi connectivity index (χ2n) is 7.65. The lowest BCUT2D eigenvalue weighted by atomic mass is 10.00. The maximum Gasteiger partial charge on any atom is 0.335 e. The molecule has 3 aromatic rings. The number of amides is 4. The van der Waals surface area contributed by atoms with Gasteiger partial charge in [-0.15, -0.1) is 0 Å². The molecule has 2 N–H and O–H groups in total. The van der Waals surface area contributed by atoms with Gasteiger partial charge >= 0.3 is 6.03 Å². The number of barbiturate groups is 1. The van der Waals surface area contributed by atoms with Crippen LogP contribution in [0, 0.1) is 0 Å². The average molecular weight is 511 g/mol. The third-order valence-electron chi connectivity index (χ3n) is 5.32. The van der Waals surface area contributed by atoms with Gasteiger partial charge in [0.05, 0.1) is 12.3 Å². The largest absolute Gasteiger partial charge is 0.508 e. The summed E-state index contributed by atoms with van der Waals surface area (Å²) in [4.78, 5) is 38.8. The number of carbonyl (C=O) groups excluding carboxylic acids is 3. The fourth-order valence-corrected chi connectivity index (χ4v) is 4.15. The van der Waals surface area contributed by atoms with E-state index in [0.717, 1.165) is 10.5 Å². The van der Waals surface area contributed by atoms with Gasteiger partial charge in [0.1, 0.15) is 17.1 Å². The summed E-state index contributed by atoms with van der Waals surface area (Å²) >= 11 is 12.9. The smallest absolute Gasteiger partial charge is 0.335 e. The molecule has 9 heteroatoms. The molecule has 4 rings (SSSR count). The standard InChI is InChI=1S/C26H20Cl2N2O5/c1-2-35-23-13-15(12-22(28)19(23)14-16-5-3-4-6-21(16)27)11-20-24(32)29-26(34)30(25(20)33)17-7-9-18(31)10-8-17/h3-13,31H,2,14H2,1H3,(H,29,32,34)/b20-11+. The molecule has 1 aliphatic heterocycles. The van der Waals surface area contributed by atoms with Gasteiger partial charge in [-0.25, -0.2) is 9.69 Å². The van der Waals surface area contributed by atoms with Crippen LogP contribution < -0.4 is 15.0 Å². The summed E-state index contributed by atoms with van der Waals surface area (Å²) in [5, 5.41) is 12.6. The first-order valence-corrected chi connectivity index (χ1v) is 11.4. The molecule has 0 bridgehead atoms. The molecule has 178 valence electrons. The number of anilines is 1. The Morgan fingerprint density at radius 1 is 1.00 bits per heavy atom. The van der Waals surface area contributed by atoms with Gasteiger partial charge in [-0.05, 0) is 66.6 Å². The molecular weight excluding hydrogens is 491 g/mol. The highest BCUT2D eigenvalue weighted by Crippen LogP contribution is 2.34. The molecular formula is C26H20Cl2N2O5. The van der Waals surface area contributed by atoms with E-state index in [4.69, 9.17) is 27.9 Å². The minimum atomic E-state index is -0.883. The molecule has 0 saturated carbocycles. The molecule has 0 aliphatic carbocycles. The quantitative estimate of drug-likeness (QED) is 0.344. The molecule has 0 radical (unpaired) electrons.